The van der Waals surface area contributed by atoms with Crippen LogP contribution in [0, 0.1) is 0 Å². The Balaban J connectivity index is 1.19. The molecular formula is C65H63N4O+. The second-order valence-corrected chi connectivity index (χ2v) is 24.0. The third-order valence-corrected chi connectivity index (χ3v) is 15.2. The number of pyridine rings is 1. The van der Waals surface area contributed by atoms with E-state index >= 15 is 0 Å². The summed E-state index contributed by atoms with van der Waals surface area (Å²) in [5, 5.41) is 2.34. The summed E-state index contributed by atoms with van der Waals surface area (Å²) in [7, 11) is 0. The van der Waals surface area contributed by atoms with E-state index in [1.807, 2.05) is 18.3 Å². The van der Waals surface area contributed by atoms with Crippen molar-refractivity contribution in [2.24, 2.45) is 0 Å². The Morgan fingerprint density at radius 3 is 1.73 bits per heavy atom. The van der Waals surface area contributed by atoms with Gasteiger partial charge in [0.25, 0.3) is 6.33 Å². The van der Waals surface area contributed by atoms with Gasteiger partial charge in [0.2, 0.25) is 0 Å². The third-order valence-electron chi connectivity index (χ3n) is 15.2. The van der Waals surface area contributed by atoms with Crippen LogP contribution in [0.3, 0.4) is 0 Å². The highest BCUT2D eigenvalue weighted by atomic mass is 16.5. The third kappa shape index (κ3) is 6.43. The van der Waals surface area contributed by atoms with E-state index in [2.05, 4.69) is 243 Å². The molecule has 0 fully saturated rings. The molecule has 70 heavy (non-hydrogen) atoms. The van der Waals surface area contributed by atoms with Crippen LogP contribution >= 0.6 is 0 Å². The van der Waals surface area contributed by atoms with E-state index in [1.54, 1.807) is 0 Å². The average Bonchev–Trinajstić information content (AvgIpc) is 3.97. The lowest BCUT2D eigenvalue weighted by Gasteiger charge is -2.42. The lowest BCUT2D eigenvalue weighted by atomic mass is 9.60. The summed E-state index contributed by atoms with van der Waals surface area (Å²) >= 11 is 0. The average molecular weight is 916 g/mol. The van der Waals surface area contributed by atoms with Crippen molar-refractivity contribution in [2.75, 3.05) is 0 Å². The molecule has 0 saturated heterocycles. The van der Waals surface area contributed by atoms with Crippen molar-refractivity contribution in [3.63, 3.8) is 0 Å². The van der Waals surface area contributed by atoms with Crippen molar-refractivity contribution in [3.8, 4) is 39.8 Å². The first-order valence-corrected chi connectivity index (χ1v) is 25.0. The van der Waals surface area contributed by atoms with Crippen LogP contribution in [-0.2, 0) is 27.1 Å². The first kappa shape index (κ1) is 44.0. The van der Waals surface area contributed by atoms with Crippen LogP contribution in [-0.4, -0.2) is 14.1 Å². The molecule has 5 heteroatoms. The summed E-state index contributed by atoms with van der Waals surface area (Å²) in [6.45, 7) is 28.6. The zero-order chi connectivity index (χ0) is 48.9. The quantitative estimate of drug-likeness (QED) is 0.165. The lowest BCUT2D eigenvalue weighted by Crippen LogP contribution is -2.38. The van der Waals surface area contributed by atoms with Crippen molar-refractivity contribution in [1.29, 1.82) is 0 Å². The van der Waals surface area contributed by atoms with Gasteiger partial charge in [0.05, 0.1) is 16.4 Å². The first-order chi connectivity index (χ1) is 33.2. The fourth-order valence-electron chi connectivity index (χ4n) is 11.8. The Morgan fingerprint density at radius 1 is 0.500 bits per heavy atom. The molecule has 4 heterocycles. The van der Waals surface area contributed by atoms with Crippen LogP contribution in [0.5, 0.6) is 11.5 Å². The van der Waals surface area contributed by atoms with Gasteiger partial charge in [-0.1, -0.05) is 162 Å². The molecule has 12 rings (SSSR count). The number of aromatic nitrogens is 4. The SMILES string of the molecule is CC(C)(C)c1cc2c(c(C(C)(C)C)c1)C1(c3ccc(Oc4ccc5c6ccccc6n(-c6ccccn6)c5c4)cc3-n3c[n+](-c4ccccc4)c4cccc1c43)c1c-2cc(C(C)(C)C)cc1C(C)(C)C. The summed E-state index contributed by atoms with van der Waals surface area (Å²) in [5.74, 6) is 2.41. The number of nitrogens with zero attached hydrogens (tertiary/aromatic N) is 4. The summed E-state index contributed by atoms with van der Waals surface area (Å²) in [4.78, 5) is 4.80. The molecule has 0 atom stereocenters. The Kier molecular flexibility index (Phi) is 9.36. The van der Waals surface area contributed by atoms with Gasteiger partial charge < -0.3 is 4.74 Å². The molecule has 7 aromatic carbocycles. The molecule has 348 valence electrons. The van der Waals surface area contributed by atoms with Crippen molar-refractivity contribution in [1.82, 2.24) is 14.1 Å². The van der Waals surface area contributed by atoms with Gasteiger partial charge in [0.15, 0.2) is 11.0 Å². The molecule has 1 aliphatic carbocycles. The molecule has 3 aromatic heterocycles. The number of fused-ring (bicyclic) bond motifs is 12. The topological polar surface area (TPSA) is 35.9 Å². The molecule has 0 N–H and O–H groups in total. The van der Waals surface area contributed by atoms with E-state index in [0.29, 0.717) is 0 Å². The van der Waals surface area contributed by atoms with Crippen LogP contribution in [0.2, 0.25) is 0 Å². The maximum absolute atomic E-state index is 7.11. The van der Waals surface area contributed by atoms with E-state index in [4.69, 9.17) is 9.72 Å². The molecule has 0 saturated carbocycles. The van der Waals surface area contributed by atoms with Crippen molar-refractivity contribution in [2.45, 2.75) is 110 Å². The largest absolute Gasteiger partial charge is 0.457 e. The van der Waals surface area contributed by atoms with Crippen molar-refractivity contribution in [3.05, 3.63) is 209 Å². The Bertz CT molecular complexity index is 3680. The summed E-state index contributed by atoms with van der Waals surface area (Å²) in [6.07, 6.45) is 4.16. The first-order valence-electron chi connectivity index (χ1n) is 25.0. The highest BCUT2D eigenvalue weighted by Gasteiger charge is 2.57. The van der Waals surface area contributed by atoms with Gasteiger partial charge >= 0.3 is 0 Å². The monoisotopic (exact) mass is 915 g/mol. The van der Waals surface area contributed by atoms with Gasteiger partial charge in [0.1, 0.15) is 28.7 Å². The minimum Gasteiger partial charge on any atom is -0.457 e. The number of rotatable bonds is 4. The number of imidazole rings is 1. The predicted octanol–water partition coefficient (Wildman–Crippen LogP) is 16.1. The zero-order valence-corrected chi connectivity index (χ0v) is 42.8. The number of para-hydroxylation sites is 3. The van der Waals surface area contributed by atoms with E-state index in [0.717, 1.165) is 50.6 Å². The normalized spacial score (nSPS) is 14.1. The Hall–Kier alpha value is -7.24. The maximum Gasteiger partial charge on any atom is 0.255 e. The Morgan fingerprint density at radius 2 is 1.10 bits per heavy atom. The molecule has 1 spiro atoms. The van der Waals surface area contributed by atoms with Gasteiger partial charge in [-0.25, -0.2) is 4.98 Å². The van der Waals surface area contributed by atoms with Gasteiger partial charge in [-0.2, -0.15) is 9.13 Å². The second kappa shape index (κ2) is 14.9. The number of benzene rings is 7. The van der Waals surface area contributed by atoms with Crippen LogP contribution in [0.4, 0.5) is 0 Å². The predicted molar refractivity (Wildman–Crippen MR) is 289 cm³/mol. The van der Waals surface area contributed by atoms with Crippen molar-refractivity contribution < 1.29 is 9.30 Å². The highest BCUT2D eigenvalue weighted by Crippen LogP contribution is 2.65. The van der Waals surface area contributed by atoms with Gasteiger partial charge in [0, 0.05) is 40.2 Å². The fourth-order valence-corrected chi connectivity index (χ4v) is 11.8. The molecule has 5 nitrogen and oxygen atoms in total. The molecule has 0 amide bonds. The second-order valence-electron chi connectivity index (χ2n) is 24.0. The van der Waals surface area contributed by atoms with Crippen LogP contribution in [0.15, 0.2) is 164 Å². The molecule has 2 aliphatic rings. The summed E-state index contributed by atoms with van der Waals surface area (Å²) in [5.41, 5.74) is 19.1. The standard InChI is InChI=1S/C65H63N4O/c1-61(2,3)40-33-47-48-34-41(62(4,5)6)36-52(64(10,11)12)59(48)65(58(47)51(35-40)63(7,8)9)49-31-29-44(38-56(49)68-39-67(42-21-14-13-15-22-42)54-26-20-24-50(65)60(54)68)70-43-28-30-46-45-23-16-17-25-53(45)69(55(46)37-43)57-27-18-19-32-66-57/h13-39H,1-12H3/q+1. The van der Waals surface area contributed by atoms with E-state index in [9.17, 15) is 0 Å². The van der Waals surface area contributed by atoms with E-state index in [1.165, 1.54) is 66.5 Å². The van der Waals surface area contributed by atoms with Gasteiger partial charge in [-0.05, 0) is 127 Å². The summed E-state index contributed by atoms with van der Waals surface area (Å²) in [6, 6.07) is 56.1. The minimum absolute atomic E-state index is 0.0684. The number of hydrogen-bond acceptors (Lipinski definition) is 2. The molecular weight excluding hydrogens is 853 g/mol. The van der Waals surface area contributed by atoms with E-state index in [-0.39, 0.29) is 21.7 Å². The molecule has 1 aliphatic heterocycles. The van der Waals surface area contributed by atoms with Crippen LogP contribution < -0.4 is 9.30 Å². The molecule has 10 aromatic rings. The smallest absolute Gasteiger partial charge is 0.255 e. The minimum atomic E-state index is -0.679. The fraction of sp³-hybridized carbons (Fsp3) is 0.262. The van der Waals surface area contributed by atoms with Gasteiger partial charge in [-0.3, -0.25) is 4.57 Å². The van der Waals surface area contributed by atoms with Crippen molar-refractivity contribution >= 4 is 32.8 Å². The molecule has 0 unspecified atom stereocenters. The van der Waals surface area contributed by atoms with Crippen LogP contribution in [0.25, 0.3) is 61.2 Å². The summed E-state index contributed by atoms with van der Waals surface area (Å²) < 4.78 is 14.2. The number of hydrogen-bond donors (Lipinski definition) is 0. The lowest BCUT2D eigenvalue weighted by molar-refractivity contribution is -0.567. The molecule has 0 radical (unpaired) electrons. The van der Waals surface area contributed by atoms with Crippen LogP contribution in [0.1, 0.15) is 128 Å². The highest BCUT2D eigenvalue weighted by molar-refractivity contribution is 6.09. The maximum atomic E-state index is 7.11. The Labute approximate surface area is 413 Å². The van der Waals surface area contributed by atoms with Gasteiger partial charge in [-0.15, -0.1) is 0 Å². The van der Waals surface area contributed by atoms with E-state index < -0.39 is 5.41 Å². The zero-order valence-electron chi connectivity index (χ0n) is 42.8. The molecule has 0 bridgehead atoms. The number of ether oxygens (including phenoxy) is 1.